The molecule has 4 rings (SSSR count). The minimum absolute atomic E-state index is 0.109. The van der Waals surface area contributed by atoms with Gasteiger partial charge in [-0.1, -0.05) is 41.4 Å². The number of benzene rings is 3. The third kappa shape index (κ3) is 5.85. The molecule has 1 N–H and O–H groups in total. The van der Waals surface area contributed by atoms with Gasteiger partial charge in [0.1, 0.15) is 0 Å². The molecule has 0 spiro atoms. The number of fused-ring (bicyclic) bond motifs is 1. The summed E-state index contributed by atoms with van der Waals surface area (Å²) in [6.45, 7) is 6.07. The van der Waals surface area contributed by atoms with Gasteiger partial charge in [0, 0.05) is 22.2 Å². The van der Waals surface area contributed by atoms with Crippen molar-refractivity contribution >= 4 is 68.7 Å². The van der Waals surface area contributed by atoms with E-state index in [1.54, 1.807) is 12.1 Å². The third-order valence-corrected chi connectivity index (χ3v) is 6.89. The molecule has 3 aromatic rings. The van der Waals surface area contributed by atoms with Crippen molar-refractivity contribution in [2.75, 3.05) is 11.1 Å². The van der Waals surface area contributed by atoms with Gasteiger partial charge >= 0.3 is 0 Å². The molecule has 0 atom stereocenters. The Balaban J connectivity index is 1.59. The molecule has 168 valence electrons. The quantitative estimate of drug-likeness (QED) is 0.400. The fraction of sp³-hybridized carbons (Fsp3) is 0.192. The molecule has 0 fully saturated rings. The summed E-state index contributed by atoms with van der Waals surface area (Å²) in [5.41, 5.74) is 7.52. The summed E-state index contributed by atoms with van der Waals surface area (Å²) in [6.07, 6.45) is 0.530. The van der Waals surface area contributed by atoms with Crippen molar-refractivity contribution < 1.29 is 4.79 Å². The molecular weight excluding hydrogens is 473 g/mol. The molecule has 0 aliphatic carbocycles. The normalized spacial score (nSPS) is 13.0. The van der Waals surface area contributed by atoms with Crippen LogP contribution in [-0.4, -0.2) is 22.4 Å². The van der Waals surface area contributed by atoms with Crippen LogP contribution in [0.3, 0.4) is 0 Å². The third-order valence-electron chi connectivity index (χ3n) is 5.43. The second-order valence-electron chi connectivity index (χ2n) is 7.97. The summed E-state index contributed by atoms with van der Waals surface area (Å²) < 4.78 is 0. The van der Waals surface area contributed by atoms with Crippen molar-refractivity contribution in [3.8, 4) is 0 Å². The molecule has 7 heteroatoms. The van der Waals surface area contributed by atoms with Crippen molar-refractivity contribution in [3.05, 3.63) is 86.9 Å². The Kier molecular flexibility index (Phi) is 7.23. The molecule has 0 saturated heterocycles. The van der Waals surface area contributed by atoms with E-state index in [9.17, 15) is 4.79 Å². The summed E-state index contributed by atoms with van der Waals surface area (Å²) in [4.78, 5) is 22.5. The van der Waals surface area contributed by atoms with Crippen LogP contribution in [0.25, 0.3) is 0 Å². The first-order valence-corrected chi connectivity index (χ1v) is 12.2. The zero-order valence-electron chi connectivity index (χ0n) is 18.6. The predicted octanol–water partition coefficient (Wildman–Crippen LogP) is 7.85. The summed E-state index contributed by atoms with van der Waals surface area (Å²) in [5, 5.41) is 5.05. The van der Waals surface area contributed by atoms with Gasteiger partial charge in [0.2, 0.25) is 5.91 Å². The van der Waals surface area contributed by atoms with Gasteiger partial charge in [-0.15, -0.1) is 11.8 Å². The highest BCUT2D eigenvalue weighted by Gasteiger charge is 2.18. The van der Waals surface area contributed by atoms with E-state index in [-0.39, 0.29) is 11.7 Å². The van der Waals surface area contributed by atoms with E-state index in [2.05, 4.69) is 31.3 Å². The van der Waals surface area contributed by atoms with E-state index in [1.807, 2.05) is 37.3 Å². The average Bonchev–Trinajstić information content (AvgIpc) is 2.95. The van der Waals surface area contributed by atoms with Crippen molar-refractivity contribution in [2.24, 2.45) is 9.98 Å². The number of halogens is 2. The fourth-order valence-electron chi connectivity index (χ4n) is 3.42. The van der Waals surface area contributed by atoms with Gasteiger partial charge in [-0.25, -0.2) is 4.99 Å². The molecule has 3 aromatic carbocycles. The van der Waals surface area contributed by atoms with Crippen molar-refractivity contribution in [1.29, 1.82) is 0 Å². The van der Waals surface area contributed by atoms with Crippen LogP contribution in [0.2, 0.25) is 10.0 Å². The molecule has 0 saturated carbocycles. The SMILES string of the molecule is Cc1cc2c(cc1C)N=C(c1ccc(Cl)cc1)CC(SCC(=O)Nc1cc(Cl)ccc1C)=N2. The number of carbonyl (C=O) groups is 1. The minimum atomic E-state index is -0.109. The Hall–Kier alpha value is -2.60. The smallest absolute Gasteiger partial charge is 0.234 e. The number of amides is 1. The van der Waals surface area contributed by atoms with Crippen LogP contribution in [-0.2, 0) is 4.79 Å². The molecule has 33 heavy (non-hydrogen) atoms. The lowest BCUT2D eigenvalue weighted by Crippen LogP contribution is -2.17. The summed E-state index contributed by atoms with van der Waals surface area (Å²) in [7, 11) is 0. The van der Waals surface area contributed by atoms with Crippen LogP contribution < -0.4 is 5.32 Å². The van der Waals surface area contributed by atoms with Crippen LogP contribution in [0.4, 0.5) is 17.1 Å². The summed E-state index contributed by atoms with van der Waals surface area (Å²) in [6, 6.07) is 17.2. The molecule has 0 aromatic heterocycles. The van der Waals surface area contributed by atoms with Gasteiger partial charge in [-0.2, -0.15) is 0 Å². The van der Waals surface area contributed by atoms with Crippen LogP contribution in [0, 0.1) is 20.8 Å². The molecule has 0 bridgehead atoms. The van der Waals surface area contributed by atoms with E-state index in [0.29, 0.717) is 16.5 Å². The average molecular weight is 496 g/mol. The Labute approximate surface area is 208 Å². The zero-order valence-corrected chi connectivity index (χ0v) is 20.9. The molecular formula is C26H23Cl2N3OS. The lowest BCUT2D eigenvalue weighted by molar-refractivity contribution is -0.113. The van der Waals surface area contributed by atoms with Gasteiger partial charge in [0.25, 0.3) is 0 Å². The van der Waals surface area contributed by atoms with Crippen molar-refractivity contribution in [2.45, 2.75) is 27.2 Å². The lowest BCUT2D eigenvalue weighted by atomic mass is 10.1. The monoisotopic (exact) mass is 495 g/mol. The van der Waals surface area contributed by atoms with E-state index in [0.717, 1.165) is 50.1 Å². The predicted molar refractivity (Wildman–Crippen MR) is 143 cm³/mol. The maximum absolute atomic E-state index is 12.7. The largest absolute Gasteiger partial charge is 0.325 e. The highest BCUT2D eigenvalue weighted by molar-refractivity contribution is 8.14. The van der Waals surface area contributed by atoms with Crippen molar-refractivity contribution in [3.63, 3.8) is 0 Å². The Morgan fingerprint density at radius 2 is 1.52 bits per heavy atom. The number of hydrogen-bond acceptors (Lipinski definition) is 4. The molecule has 1 heterocycles. The summed E-state index contributed by atoms with van der Waals surface area (Å²) in [5.74, 6) is 0.126. The second kappa shape index (κ2) is 10.1. The molecule has 4 nitrogen and oxygen atoms in total. The van der Waals surface area contributed by atoms with Crippen molar-refractivity contribution in [1.82, 2.24) is 0 Å². The number of nitrogens with one attached hydrogen (secondary N) is 1. The number of anilines is 1. The van der Waals surface area contributed by atoms with E-state index in [4.69, 9.17) is 33.2 Å². The first-order valence-electron chi connectivity index (χ1n) is 10.5. The Bertz CT molecular complexity index is 1280. The van der Waals surface area contributed by atoms with Crippen LogP contribution in [0.15, 0.2) is 64.6 Å². The second-order valence-corrected chi connectivity index (χ2v) is 9.89. The molecule has 1 aliphatic heterocycles. The van der Waals surface area contributed by atoms with E-state index < -0.39 is 0 Å². The first-order chi connectivity index (χ1) is 15.8. The standard InChI is InChI=1S/C26H23Cl2N3OS/c1-15-4-7-20(28)12-21(15)30-25(32)14-33-26-13-22(18-5-8-19(27)9-6-18)29-23-10-16(2)17(3)11-24(23)31-26/h4-12H,13-14H2,1-3H3,(H,30,32). The lowest BCUT2D eigenvalue weighted by Gasteiger charge is -2.10. The Morgan fingerprint density at radius 1 is 0.879 bits per heavy atom. The highest BCUT2D eigenvalue weighted by Crippen LogP contribution is 2.36. The number of aryl methyl sites for hydroxylation is 3. The number of hydrogen-bond donors (Lipinski definition) is 1. The number of carbonyl (C=O) groups excluding carboxylic acids is 1. The van der Waals surface area contributed by atoms with Crippen LogP contribution in [0.5, 0.6) is 0 Å². The van der Waals surface area contributed by atoms with Gasteiger partial charge in [-0.3, -0.25) is 9.79 Å². The van der Waals surface area contributed by atoms with E-state index >= 15 is 0 Å². The Morgan fingerprint density at radius 3 is 2.21 bits per heavy atom. The minimum Gasteiger partial charge on any atom is -0.325 e. The van der Waals surface area contributed by atoms with E-state index in [1.165, 1.54) is 11.8 Å². The fourth-order valence-corrected chi connectivity index (χ4v) is 4.49. The molecule has 1 amide bonds. The van der Waals surface area contributed by atoms with Gasteiger partial charge in [0.15, 0.2) is 0 Å². The molecule has 0 unspecified atom stereocenters. The van der Waals surface area contributed by atoms with Gasteiger partial charge < -0.3 is 5.32 Å². The van der Waals surface area contributed by atoms with Gasteiger partial charge in [-0.05, 0) is 79.4 Å². The molecule has 0 radical (unpaired) electrons. The first kappa shape index (κ1) is 23.6. The molecule has 1 aliphatic rings. The number of thioether (sulfide) groups is 1. The topological polar surface area (TPSA) is 53.8 Å². The highest BCUT2D eigenvalue weighted by atomic mass is 35.5. The number of nitrogens with zero attached hydrogens (tertiary/aromatic N) is 2. The summed E-state index contributed by atoms with van der Waals surface area (Å²) >= 11 is 13.6. The van der Waals surface area contributed by atoms with Crippen LogP contribution in [0.1, 0.15) is 28.7 Å². The van der Waals surface area contributed by atoms with Crippen LogP contribution >= 0.6 is 35.0 Å². The number of aliphatic imine (C=N–C) groups is 2. The maximum Gasteiger partial charge on any atom is 0.234 e. The van der Waals surface area contributed by atoms with Gasteiger partial charge in [0.05, 0.1) is 27.9 Å². The number of rotatable bonds is 4. The maximum atomic E-state index is 12.7. The zero-order chi connectivity index (χ0) is 23.5.